The zero-order valence-electron chi connectivity index (χ0n) is 18.8. The van der Waals surface area contributed by atoms with Gasteiger partial charge in [-0.1, -0.05) is 45.5 Å². The lowest BCUT2D eigenvalue weighted by Crippen LogP contribution is -2.49. The summed E-state index contributed by atoms with van der Waals surface area (Å²) in [5.74, 6) is 2.05. The van der Waals surface area contributed by atoms with Crippen molar-refractivity contribution < 1.29 is 4.79 Å². The number of hydrogen-bond donors (Lipinski definition) is 1. The van der Waals surface area contributed by atoms with Crippen LogP contribution in [0.1, 0.15) is 56.7 Å². The van der Waals surface area contributed by atoms with Crippen molar-refractivity contribution in [3.05, 3.63) is 59.5 Å². The minimum atomic E-state index is -0.0947. The topological polar surface area (TPSA) is 79.2 Å². The number of carbonyl (C=O) groups is 1. The number of carbonyl (C=O) groups excluding carboxylic acids is 1. The molecule has 33 heavy (non-hydrogen) atoms. The first-order chi connectivity index (χ1) is 15.5. The van der Waals surface area contributed by atoms with Gasteiger partial charge in [-0.15, -0.1) is 0 Å². The molecule has 1 atom stereocenters. The molecule has 0 saturated carbocycles. The molecule has 1 saturated heterocycles. The third-order valence-corrected chi connectivity index (χ3v) is 6.35. The molecular weight excluding hydrogens is 414 g/mol. The summed E-state index contributed by atoms with van der Waals surface area (Å²) in [7, 11) is 1.80. The minimum absolute atomic E-state index is 0. The highest BCUT2D eigenvalue weighted by molar-refractivity contribution is 6.04. The van der Waals surface area contributed by atoms with Gasteiger partial charge in [-0.25, -0.2) is 4.98 Å². The van der Waals surface area contributed by atoms with Gasteiger partial charge in [0.05, 0.1) is 18.9 Å². The second-order valence-electron chi connectivity index (χ2n) is 8.95. The van der Waals surface area contributed by atoms with E-state index in [1.54, 1.807) is 18.1 Å². The van der Waals surface area contributed by atoms with E-state index in [0.717, 1.165) is 43.0 Å². The Bertz CT molecular complexity index is 1140. The zero-order valence-corrected chi connectivity index (χ0v) is 18.8. The van der Waals surface area contributed by atoms with Gasteiger partial charge in [0, 0.05) is 31.9 Å². The molecule has 2 aliphatic rings. The van der Waals surface area contributed by atoms with E-state index in [4.69, 9.17) is 4.98 Å². The van der Waals surface area contributed by atoms with E-state index in [0.29, 0.717) is 18.4 Å². The number of benzene rings is 1. The molecule has 0 aliphatic carbocycles. The summed E-state index contributed by atoms with van der Waals surface area (Å²) in [5.41, 5.74) is 4.43. The lowest BCUT2D eigenvalue weighted by Gasteiger charge is -2.36. The molecular formula is C25H33N7O. The fourth-order valence-electron chi connectivity index (χ4n) is 4.52. The van der Waals surface area contributed by atoms with Gasteiger partial charge in [0.2, 0.25) is 11.9 Å². The van der Waals surface area contributed by atoms with Crippen LogP contribution in [0, 0.1) is 0 Å². The molecule has 5 rings (SSSR count). The molecule has 8 heteroatoms. The maximum absolute atomic E-state index is 12.6. The van der Waals surface area contributed by atoms with Gasteiger partial charge in [0.15, 0.2) is 5.82 Å². The van der Waals surface area contributed by atoms with Gasteiger partial charge >= 0.3 is 0 Å². The molecule has 1 aromatic carbocycles. The number of amides is 1. The Morgan fingerprint density at radius 2 is 2.06 bits per heavy atom. The third-order valence-electron chi connectivity index (χ3n) is 6.35. The lowest BCUT2D eigenvalue weighted by molar-refractivity contribution is -0.119. The highest BCUT2D eigenvalue weighted by Crippen LogP contribution is 2.37. The first-order valence-electron chi connectivity index (χ1n) is 11.2. The summed E-state index contributed by atoms with van der Waals surface area (Å²) in [4.78, 5) is 25.5. The van der Waals surface area contributed by atoms with Crippen molar-refractivity contribution in [3.8, 4) is 0 Å². The number of nitrogens with one attached hydrogen (secondary N) is 1. The number of likely N-dealkylation sites (N-methyl/N-ethyl adjacent to an activating group) is 1. The quantitative estimate of drug-likeness (QED) is 0.614. The first kappa shape index (κ1) is 22.8. The van der Waals surface area contributed by atoms with Crippen LogP contribution in [0.25, 0.3) is 0 Å². The molecule has 4 heterocycles. The fourth-order valence-corrected chi connectivity index (χ4v) is 4.52. The van der Waals surface area contributed by atoms with Gasteiger partial charge in [0.1, 0.15) is 11.7 Å². The van der Waals surface area contributed by atoms with E-state index in [-0.39, 0.29) is 19.4 Å². The minimum Gasteiger partial charge on any atom is -0.350 e. The van der Waals surface area contributed by atoms with E-state index in [1.807, 2.05) is 10.9 Å². The van der Waals surface area contributed by atoms with Crippen LogP contribution in [0.15, 0.2) is 42.9 Å². The second-order valence-corrected chi connectivity index (χ2v) is 8.95. The van der Waals surface area contributed by atoms with Crippen LogP contribution in [-0.4, -0.2) is 45.3 Å². The average molecular weight is 448 g/mol. The highest BCUT2D eigenvalue weighted by atomic mass is 16.2. The number of nitrogens with zero attached hydrogens (tertiary/aromatic N) is 6. The van der Waals surface area contributed by atoms with E-state index >= 15 is 0 Å². The Balaban J connectivity index is 0.00000259. The summed E-state index contributed by atoms with van der Waals surface area (Å²) in [6.07, 6.45) is 7.56. The summed E-state index contributed by atoms with van der Waals surface area (Å²) in [5, 5.41) is 7.83. The van der Waals surface area contributed by atoms with E-state index in [1.165, 1.54) is 11.1 Å². The van der Waals surface area contributed by atoms with Crippen LogP contribution < -0.4 is 15.1 Å². The van der Waals surface area contributed by atoms with Crippen LogP contribution in [0.2, 0.25) is 0 Å². The van der Waals surface area contributed by atoms with Crippen LogP contribution in [-0.2, 0) is 17.9 Å². The highest BCUT2D eigenvalue weighted by Gasteiger charge is 2.40. The van der Waals surface area contributed by atoms with Gasteiger partial charge < -0.3 is 15.1 Å². The Kier molecular flexibility index (Phi) is 6.35. The third kappa shape index (κ3) is 4.42. The number of aromatic nitrogens is 4. The maximum atomic E-state index is 12.6. The number of hydrogen-bond acceptors (Lipinski definition) is 6. The van der Waals surface area contributed by atoms with E-state index < -0.39 is 0 Å². The van der Waals surface area contributed by atoms with Gasteiger partial charge in [-0.2, -0.15) is 10.1 Å². The molecule has 2 aliphatic heterocycles. The first-order valence-corrected chi connectivity index (χ1v) is 11.2. The molecule has 8 nitrogen and oxygen atoms in total. The maximum Gasteiger partial charge on any atom is 0.249 e. The molecule has 0 spiro atoms. The SMILES string of the molecule is C.CC(C)c1cccc(Cn2cc(CNc3ncc4c(n3)N3CCC[C@H]3C(=O)N4C)cn2)c1. The molecule has 1 amide bonds. The van der Waals surface area contributed by atoms with Crippen LogP contribution in [0.5, 0.6) is 0 Å². The van der Waals surface area contributed by atoms with Crippen molar-refractivity contribution in [2.45, 2.75) is 59.2 Å². The molecule has 1 N–H and O–H groups in total. The molecule has 0 radical (unpaired) electrons. The van der Waals surface area contributed by atoms with Crippen molar-refractivity contribution in [2.24, 2.45) is 0 Å². The van der Waals surface area contributed by atoms with Crippen LogP contribution in [0.4, 0.5) is 17.5 Å². The summed E-state index contributed by atoms with van der Waals surface area (Å²) in [6.45, 7) is 6.60. The van der Waals surface area contributed by atoms with Crippen molar-refractivity contribution in [3.63, 3.8) is 0 Å². The number of fused-ring (bicyclic) bond motifs is 3. The van der Waals surface area contributed by atoms with Crippen molar-refractivity contribution in [1.82, 2.24) is 19.7 Å². The molecule has 0 unspecified atom stereocenters. The second kappa shape index (κ2) is 9.21. The zero-order chi connectivity index (χ0) is 22.2. The monoisotopic (exact) mass is 447 g/mol. The van der Waals surface area contributed by atoms with Gasteiger partial charge in [-0.05, 0) is 29.9 Å². The van der Waals surface area contributed by atoms with Crippen molar-refractivity contribution in [2.75, 3.05) is 28.7 Å². The molecule has 3 aromatic rings. The summed E-state index contributed by atoms with van der Waals surface area (Å²) < 4.78 is 1.96. The number of rotatable bonds is 6. The predicted octanol–water partition coefficient (Wildman–Crippen LogP) is 4.04. The predicted molar refractivity (Wildman–Crippen MR) is 132 cm³/mol. The van der Waals surface area contributed by atoms with E-state index in [2.05, 4.69) is 64.6 Å². The fraction of sp³-hybridized carbons (Fsp3) is 0.440. The van der Waals surface area contributed by atoms with Crippen LogP contribution in [0.3, 0.4) is 0 Å². The Morgan fingerprint density at radius 3 is 2.88 bits per heavy atom. The van der Waals surface area contributed by atoms with Crippen molar-refractivity contribution >= 4 is 23.4 Å². The number of anilines is 3. The van der Waals surface area contributed by atoms with Crippen molar-refractivity contribution in [1.29, 1.82) is 0 Å². The molecule has 2 aromatic heterocycles. The average Bonchev–Trinajstić information content (AvgIpc) is 3.46. The van der Waals surface area contributed by atoms with Gasteiger partial charge in [-0.3, -0.25) is 9.48 Å². The Hall–Kier alpha value is -3.42. The lowest BCUT2D eigenvalue weighted by atomic mass is 10.0. The molecule has 1 fully saturated rings. The largest absolute Gasteiger partial charge is 0.350 e. The Labute approximate surface area is 195 Å². The molecule has 0 bridgehead atoms. The van der Waals surface area contributed by atoms with Gasteiger partial charge in [0.25, 0.3) is 0 Å². The normalized spacial score (nSPS) is 17.1. The smallest absolute Gasteiger partial charge is 0.249 e. The standard InChI is InChI=1S/C24H29N7O.CH4/c1-16(2)19-7-4-6-17(10-19)14-30-15-18(12-27-30)11-25-24-26-13-21-22(28-24)31-9-5-8-20(31)23(32)29(21)3;/h4,6-7,10,12-13,15-16,20H,5,8-9,11,14H2,1-3H3,(H,25,26,28);1H4/t20-;/m0./s1. The molecule has 174 valence electrons. The van der Waals surface area contributed by atoms with Crippen LogP contribution >= 0.6 is 0 Å². The Morgan fingerprint density at radius 1 is 1.21 bits per heavy atom. The summed E-state index contributed by atoms with van der Waals surface area (Å²) in [6, 6.07) is 8.57. The van der Waals surface area contributed by atoms with E-state index in [9.17, 15) is 4.79 Å². The summed E-state index contributed by atoms with van der Waals surface area (Å²) >= 11 is 0.